The summed E-state index contributed by atoms with van der Waals surface area (Å²) < 4.78 is 38.4. The molecule has 7 heteroatoms. The fourth-order valence-corrected chi connectivity index (χ4v) is 2.82. The number of anilines is 1. The van der Waals surface area contributed by atoms with Crippen LogP contribution in [-0.2, 0) is 10.0 Å². The largest absolute Gasteiger partial charge is 0.284 e. The molecular formula is C9H10BrClFNO2S. The Morgan fingerprint density at radius 3 is 2.69 bits per heavy atom. The van der Waals surface area contributed by atoms with Crippen LogP contribution in [0.25, 0.3) is 0 Å². The van der Waals surface area contributed by atoms with Crippen molar-refractivity contribution < 1.29 is 12.8 Å². The molecule has 0 spiro atoms. The summed E-state index contributed by atoms with van der Waals surface area (Å²) in [6.07, 6.45) is 0.374. The maximum atomic E-state index is 12.9. The average Bonchev–Trinajstić information content (AvgIpc) is 2.20. The smallest absolute Gasteiger partial charge is 0.232 e. The van der Waals surface area contributed by atoms with E-state index in [0.717, 1.165) is 0 Å². The van der Waals surface area contributed by atoms with Gasteiger partial charge in [0, 0.05) is 11.6 Å². The molecule has 0 aliphatic heterocycles. The zero-order valence-electron chi connectivity index (χ0n) is 8.21. The van der Waals surface area contributed by atoms with Gasteiger partial charge < -0.3 is 0 Å². The molecule has 16 heavy (non-hydrogen) atoms. The monoisotopic (exact) mass is 329 g/mol. The van der Waals surface area contributed by atoms with Crippen molar-refractivity contribution in [3.05, 3.63) is 28.5 Å². The van der Waals surface area contributed by atoms with Crippen LogP contribution in [0.3, 0.4) is 0 Å². The lowest BCUT2D eigenvalue weighted by Crippen LogP contribution is -2.17. The molecule has 0 aliphatic carbocycles. The summed E-state index contributed by atoms with van der Waals surface area (Å²) in [6, 6.07) is 3.91. The third kappa shape index (κ3) is 4.27. The highest BCUT2D eigenvalue weighted by molar-refractivity contribution is 9.10. The quantitative estimate of drug-likeness (QED) is 0.844. The minimum absolute atomic E-state index is 0.0501. The molecule has 3 nitrogen and oxygen atoms in total. The molecule has 0 saturated carbocycles. The second-order valence-corrected chi connectivity index (χ2v) is 6.17. The summed E-state index contributed by atoms with van der Waals surface area (Å²) in [5.74, 6) is -0.205. The van der Waals surface area contributed by atoms with Crippen LogP contribution >= 0.6 is 27.5 Å². The molecule has 90 valence electrons. The van der Waals surface area contributed by atoms with Gasteiger partial charge in [0.1, 0.15) is 5.82 Å². The Hall–Kier alpha value is -0.330. The number of benzene rings is 1. The zero-order chi connectivity index (χ0) is 12.2. The lowest BCUT2D eigenvalue weighted by Gasteiger charge is -2.07. The maximum Gasteiger partial charge on any atom is 0.232 e. The Balaban J connectivity index is 2.76. The molecule has 0 aromatic heterocycles. The SMILES string of the molecule is O=S(=O)(CCCCl)Nc1ccc(F)c(Br)c1. The van der Waals surface area contributed by atoms with Gasteiger partial charge in [0.25, 0.3) is 0 Å². The van der Waals surface area contributed by atoms with Crippen molar-refractivity contribution in [2.75, 3.05) is 16.4 Å². The van der Waals surface area contributed by atoms with Crippen LogP contribution in [0, 0.1) is 5.82 Å². The van der Waals surface area contributed by atoms with Gasteiger partial charge in [0.2, 0.25) is 10.0 Å². The minimum Gasteiger partial charge on any atom is -0.284 e. The second kappa shape index (κ2) is 5.84. The minimum atomic E-state index is -3.40. The van der Waals surface area contributed by atoms with E-state index in [4.69, 9.17) is 11.6 Å². The Bertz CT molecular complexity index is 467. The highest BCUT2D eigenvalue weighted by atomic mass is 79.9. The van der Waals surface area contributed by atoms with Crippen molar-refractivity contribution in [3.63, 3.8) is 0 Å². The zero-order valence-corrected chi connectivity index (χ0v) is 11.4. The van der Waals surface area contributed by atoms with E-state index in [1.165, 1.54) is 18.2 Å². The van der Waals surface area contributed by atoms with Gasteiger partial charge in [0.15, 0.2) is 0 Å². The molecule has 1 rings (SSSR count). The van der Waals surface area contributed by atoms with E-state index >= 15 is 0 Å². The van der Waals surface area contributed by atoms with Gasteiger partial charge in [-0.05, 0) is 40.5 Å². The van der Waals surface area contributed by atoms with Crippen LogP contribution in [0.2, 0.25) is 0 Å². The first-order chi connectivity index (χ1) is 7.44. The number of halogens is 3. The fourth-order valence-electron chi connectivity index (χ4n) is 1.03. The molecule has 0 atom stereocenters. The Kier molecular flexibility index (Phi) is 5.01. The number of sulfonamides is 1. The van der Waals surface area contributed by atoms with E-state index in [2.05, 4.69) is 20.7 Å². The van der Waals surface area contributed by atoms with Crippen LogP contribution in [-0.4, -0.2) is 20.1 Å². The predicted octanol–water partition coefficient (Wildman–Crippen LogP) is 2.96. The first-order valence-electron chi connectivity index (χ1n) is 4.46. The van der Waals surface area contributed by atoms with E-state index < -0.39 is 15.8 Å². The standard InChI is InChI=1S/C9H10BrClFNO2S/c10-8-6-7(2-3-9(8)12)13-16(14,15)5-1-4-11/h2-3,6,13H,1,4-5H2. The molecular weight excluding hydrogens is 321 g/mol. The molecule has 0 aliphatic rings. The third-order valence-electron chi connectivity index (χ3n) is 1.74. The van der Waals surface area contributed by atoms with Crippen LogP contribution in [0.4, 0.5) is 10.1 Å². The fraction of sp³-hybridized carbons (Fsp3) is 0.333. The number of alkyl halides is 1. The third-order valence-corrected chi connectivity index (χ3v) is 3.99. The van der Waals surface area contributed by atoms with E-state index in [1.54, 1.807) is 0 Å². The van der Waals surface area contributed by atoms with Crippen molar-refractivity contribution in [2.45, 2.75) is 6.42 Å². The first kappa shape index (κ1) is 13.7. The molecule has 0 unspecified atom stereocenters. The van der Waals surface area contributed by atoms with E-state index in [9.17, 15) is 12.8 Å². The molecule has 0 bridgehead atoms. The molecule has 0 amide bonds. The molecule has 1 N–H and O–H groups in total. The highest BCUT2D eigenvalue weighted by Crippen LogP contribution is 2.20. The van der Waals surface area contributed by atoms with E-state index in [0.29, 0.717) is 12.1 Å². The van der Waals surface area contributed by atoms with Crippen molar-refractivity contribution in [2.24, 2.45) is 0 Å². The summed E-state index contributed by atoms with van der Waals surface area (Å²) in [5.41, 5.74) is 0.322. The first-order valence-corrected chi connectivity index (χ1v) is 7.44. The number of rotatable bonds is 5. The van der Waals surface area contributed by atoms with Crippen LogP contribution in [0.5, 0.6) is 0 Å². The van der Waals surface area contributed by atoms with Gasteiger partial charge in [-0.2, -0.15) is 0 Å². The van der Waals surface area contributed by atoms with Crippen molar-refractivity contribution in [1.82, 2.24) is 0 Å². The second-order valence-electron chi connectivity index (χ2n) is 3.09. The molecule has 0 radical (unpaired) electrons. The van der Waals surface area contributed by atoms with Gasteiger partial charge in [0.05, 0.1) is 10.2 Å². The summed E-state index contributed by atoms with van der Waals surface area (Å²) in [7, 11) is -3.40. The van der Waals surface area contributed by atoms with Crippen LogP contribution in [0.1, 0.15) is 6.42 Å². The number of hydrogen-bond acceptors (Lipinski definition) is 2. The summed E-state index contributed by atoms with van der Waals surface area (Å²) >= 11 is 8.38. The molecule has 0 saturated heterocycles. The predicted molar refractivity (Wildman–Crippen MR) is 66.8 cm³/mol. The number of hydrogen-bond donors (Lipinski definition) is 1. The average molecular weight is 331 g/mol. The normalized spacial score (nSPS) is 11.4. The van der Waals surface area contributed by atoms with E-state index in [-0.39, 0.29) is 16.1 Å². The topological polar surface area (TPSA) is 46.2 Å². The van der Waals surface area contributed by atoms with Gasteiger partial charge in [-0.25, -0.2) is 12.8 Å². The number of nitrogens with one attached hydrogen (secondary N) is 1. The van der Waals surface area contributed by atoms with Crippen molar-refractivity contribution in [3.8, 4) is 0 Å². The summed E-state index contributed by atoms with van der Waals surface area (Å²) in [6.45, 7) is 0. The molecule has 0 fully saturated rings. The summed E-state index contributed by atoms with van der Waals surface area (Å²) in [4.78, 5) is 0. The maximum absolute atomic E-state index is 12.9. The van der Waals surface area contributed by atoms with Gasteiger partial charge in [-0.1, -0.05) is 0 Å². The molecule has 1 aromatic rings. The highest BCUT2D eigenvalue weighted by Gasteiger charge is 2.10. The Labute approximate surface area is 107 Å². The summed E-state index contributed by atoms with van der Waals surface area (Å²) in [5, 5.41) is 0. The van der Waals surface area contributed by atoms with Gasteiger partial charge in [-0.3, -0.25) is 4.72 Å². The molecule has 0 heterocycles. The van der Waals surface area contributed by atoms with E-state index in [1.807, 2.05) is 0 Å². The Morgan fingerprint density at radius 1 is 1.44 bits per heavy atom. The van der Waals surface area contributed by atoms with Crippen LogP contribution in [0.15, 0.2) is 22.7 Å². The van der Waals surface area contributed by atoms with Crippen molar-refractivity contribution in [1.29, 1.82) is 0 Å². The Morgan fingerprint density at radius 2 is 2.12 bits per heavy atom. The van der Waals surface area contributed by atoms with Crippen molar-refractivity contribution >= 4 is 43.2 Å². The van der Waals surface area contributed by atoms with Crippen LogP contribution < -0.4 is 4.72 Å². The molecule has 1 aromatic carbocycles. The lowest BCUT2D eigenvalue weighted by molar-refractivity contribution is 0.599. The van der Waals surface area contributed by atoms with Gasteiger partial charge in [-0.15, -0.1) is 11.6 Å². The van der Waals surface area contributed by atoms with Gasteiger partial charge >= 0.3 is 0 Å². The lowest BCUT2D eigenvalue weighted by atomic mass is 10.3.